The van der Waals surface area contributed by atoms with Crippen molar-refractivity contribution in [3.05, 3.63) is 101 Å². The third-order valence-corrected chi connectivity index (χ3v) is 5.88. The molecule has 0 saturated carbocycles. The number of amides is 1. The number of carbonyl (C=O) groups excluding carboxylic acids is 2. The first-order valence-electron chi connectivity index (χ1n) is 11.5. The number of benzene rings is 2. The molecule has 34 heavy (non-hydrogen) atoms. The summed E-state index contributed by atoms with van der Waals surface area (Å²) >= 11 is 0. The molecule has 6 heteroatoms. The van der Waals surface area contributed by atoms with Gasteiger partial charge >= 0.3 is 0 Å². The molecule has 0 spiro atoms. The summed E-state index contributed by atoms with van der Waals surface area (Å²) in [5, 5.41) is 11.3. The minimum absolute atomic E-state index is 0.0726. The van der Waals surface area contributed by atoms with Gasteiger partial charge in [-0.3, -0.25) is 14.6 Å². The summed E-state index contributed by atoms with van der Waals surface area (Å²) < 4.78 is 5.77. The van der Waals surface area contributed by atoms with Gasteiger partial charge in [0.2, 0.25) is 0 Å². The fourth-order valence-electron chi connectivity index (χ4n) is 4.05. The molecule has 2 heterocycles. The van der Waals surface area contributed by atoms with Crippen molar-refractivity contribution in [2.75, 3.05) is 6.61 Å². The first kappa shape index (κ1) is 23.2. The number of hydrogen-bond donors (Lipinski definition) is 1. The second-order valence-electron chi connectivity index (χ2n) is 8.43. The lowest BCUT2D eigenvalue weighted by Crippen LogP contribution is -2.29. The summed E-state index contributed by atoms with van der Waals surface area (Å²) in [5.41, 5.74) is 3.12. The molecule has 1 aliphatic heterocycles. The number of unbranched alkanes of at least 4 members (excludes halogenated alkanes) is 1. The van der Waals surface area contributed by atoms with E-state index in [1.807, 2.05) is 43.3 Å². The highest BCUT2D eigenvalue weighted by Crippen LogP contribution is 2.40. The van der Waals surface area contributed by atoms with Crippen molar-refractivity contribution >= 4 is 17.4 Å². The second kappa shape index (κ2) is 10.3. The van der Waals surface area contributed by atoms with Gasteiger partial charge in [0, 0.05) is 24.5 Å². The number of aliphatic hydroxyl groups excluding tert-OH is 1. The molecule has 2 aromatic carbocycles. The van der Waals surface area contributed by atoms with E-state index < -0.39 is 17.7 Å². The highest BCUT2D eigenvalue weighted by molar-refractivity contribution is 6.46. The molecule has 0 aliphatic carbocycles. The van der Waals surface area contributed by atoms with Gasteiger partial charge in [0.05, 0.1) is 18.2 Å². The van der Waals surface area contributed by atoms with Crippen molar-refractivity contribution in [2.45, 2.75) is 39.3 Å². The normalized spacial score (nSPS) is 17.2. The number of aryl methyl sites for hydroxylation is 1. The Kier molecular flexibility index (Phi) is 7.07. The zero-order valence-corrected chi connectivity index (χ0v) is 19.4. The third kappa shape index (κ3) is 4.86. The van der Waals surface area contributed by atoms with Crippen LogP contribution in [0.25, 0.3) is 5.76 Å². The number of hydrogen-bond acceptors (Lipinski definition) is 5. The quantitative estimate of drug-likeness (QED) is 0.218. The molecule has 174 valence electrons. The fraction of sp³-hybridized carbons (Fsp3) is 0.250. The maximum absolute atomic E-state index is 13.2. The van der Waals surface area contributed by atoms with E-state index in [1.54, 1.807) is 36.7 Å². The van der Waals surface area contributed by atoms with Gasteiger partial charge in [0.15, 0.2) is 0 Å². The lowest BCUT2D eigenvalue weighted by Gasteiger charge is -2.25. The van der Waals surface area contributed by atoms with Gasteiger partial charge in [-0.15, -0.1) is 0 Å². The van der Waals surface area contributed by atoms with Gasteiger partial charge in [-0.1, -0.05) is 61.4 Å². The van der Waals surface area contributed by atoms with E-state index in [4.69, 9.17) is 4.74 Å². The van der Waals surface area contributed by atoms with E-state index in [0.717, 1.165) is 29.5 Å². The number of nitrogens with zero attached hydrogens (tertiary/aromatic N) is 2. The number of Topliss-reactive ketones (excluding diaryl/α,β-unsaturated/α-hetero) is 1. The molecule has 1 atom stereocenters. The van der Waals surface area contributed by atoms with Crippen molar-refractivity contribution in [2.24, 2.45) is 0 Å². The first-order chi connectivity index (χ1) is 16.5. The maximum atomic E-state index is 13.2. The van der Waals surface area contributed by atoms with Gasteiger partial charge in [-0.2, -0.15) is 0 Å². The van der Waals surface area contributed by atoms with Gasteiger partial charge in [0.25, 0.3) is 11.7 Å². The van der Waals surface area contributed by atoms with Crippen molar-refractivity contribution in [3.8, 4) is 5.75 Å². The van der Waals surface area contributed by atoms with Crippen LogP contribution in [0, 0.1) is 6.92 Å². The van der Waals surface area contributed by atoms with Gasteiger partial charge in [-0.25, -0.2) is 0 Å². The summed E-state index contributed by atoms with van der Waals surface area (Å²) in [5.74, 6) is -0.955. The zero-order chi connectivity index (χ0) is 24.1. The van der Waals surface area contributed by atoms with E-state index >= 15 is 0 Å². The predicted octanol–water partition coefficient (Wildman–Crippen LogP) is 5.19. The van der Waals surface area contributed by atoms with Crippen LogP contribution < -0.4 is 4.74 Å². The van der Waals surface area contributed by atoms with Gasteiger partial charge in [-0.05, 0) is 42.7 Å². The van der Waals surface area contributed by atoms with E-state index in [1.165, 1.54) is 4.90 Å². The Morgan fingerprint density at radius 2 is 1.88 bits per heavy atom. The topological polar surface area (TPSA) is 79.7 Å². The van der Waals surface area contributed by atoms with Crippen molar-refractivity contribution in [1.82, 2.24) is 9.88 Å². The van der Waals surface area contributed by atoms with Crippen LogP contribution in [0.5, 0.6) is 5.75 Å². The maximum Gasteiger partial charge on any atom is 0.295 e. The number of rotatable bonds is 8. The van der Waals surface area contributed by atoms with Crippen LogP contribution in [-0.4, -0.2) is 33.3 Å². The number of carbonyl (C=O) groups is 2. The Morgan fingerprint density at radius 3 is 2.59 bits per heavy atom. The number of ether oxygens (including phenoxy) is 1. The van der Waals surface area contributed by atoms with Crippen LogP contribution in [0.3, 0.4) is 0 Å². The SMILES string of the molecule is CCCCOc1cccc(/C(O)=C2\C(=O)C(=O)N(Cc3cccnc3)C2c2ccc(C)cc2)c1. The molecular formula is C28H28N2O4. The first-order valence-corrected chi connectivity index (χ1v) is 11.5. The molecule has 4 rings (SSSR count). The molecular weight excluding hydrogens is 428 g/mol. The molecule has 1 amide bonds. The Bertz CT molecular complexity index is 1200. The van der Waals surface area contributed by atoms with Crippen LogP contribution in [0.1, 0.15) is 48.1 Å². The van der Waals surface area contributed by atoms with E-state index in [-0.39, 0.29) is 17.9 Å². The van der Waals surface area contributed by atoms with Crippen LogP contribution in [0.4, 0.5) is 0 Å². The molecule has 1 fully saturated rings. The van der Waals surface area contributed by atoms with Gasteiger partial charge in [0.1, 0.15) is 11.5 Å². The largest absolute Gasteiger partial charge is 0.507 e. The van der Waals surface area contributed by atoms with E-state index in [2.05, 4.69) is 11.9 Å². The zero-order valence-electron chi connectivity index (χ0n) is 19.4. The molecule has 0 radical (unpaired) electrons. The fourth-order valence-corrected chi connectivity index (χ4v) is 4.05. The van der Waals surface area contributed by atoms with E-state index in [9.17, 15) is 14.7 Å². The molecule has 1 saturated heterocycles. The lowest BCUT2D eigenvalue weighted by molar-refractivity contribution is -0.140. The Balaban J connectivity index is 1.78. The lowest BCUT2D eigenvalue weighted by atomic mass is 9.94. The predicted molar refractivity (Wildman–Crippen MR) is 130 cm³/mol. The summed E-state index contributed by atoms with van der Waals surface area (Å²) in [6.45, 7) is 4.83. The monoisotopic (exact) mass is 456 g/mol. The third-order valence-electron chi connectivity index (χ3n) is 5.88. The molecule has 1 unspecified atom stereocenters. The molecule has 1 N–H and O–H groups in total. The number of likely N-dealkylation sites (tertiary alicyclic amines) is 1. The molecule has 3 aromatic rings. The number of pyridine rings is 1. The molecule has 1 aromatic heterocycles. The summed E-state index contributed by atoms with van der Waals surface area (Å²) in [6, 6.07) is 17.6. The smallest absolute Gasteiger partial charge is 0.295 e. The Labute approximate surface area is 199 Å². The molecule has 6 nitrogen and oxygen atoms in total. The Morgan fingerprint density at radius 1 is 1.09 bits per heavy atom. The van der Waals surface area contributed by atoms with Crippen LogP contribution in [-0.2, 0) is 16.1 Å². The summed E-state index contributed by atoms with van der Waals surface area (Å²) in [7, 11) is 0. The average molecular weight is 457 g/mol. The number of ketones is 1. The number of aliphatic hydroxyl groups is 1. The van der Waals surface area contributed by atoms with Crippen LogP contribution >= 0.6 is 0 Å². The average Bonchev–Trinajstić information content (AvgIpc) is 3.10. The standard InChI is InChI=1S/C28H28N2O4/c1-3-4-15-34-23-9-5-8-22(16-23)26(31)24-25(21-12-10-19(2)11-13-21)30(28(33)27(24)32)18-20-7-6-14-29-17-20/h5-14,16-17,25,31H,3-4,15,18H2,1-2H3/b26-24+. The molecule has 0 bridgehead atoms. The van der Waals surface area contributed by atoms with Crippen LogP contribution in [0.15, 0.2) is 78.6 Å². The highest BCUT2D eigenvalue weighted by atomic mass is 16.5. The number of aromatic nitrogens is 1. The Hall–Kier alpha value is -3.93. The minimum Gasteiger partial charge on any atom is -0.507 e. The second-order valence-corrected chi connectivity index (χ2v) is 8.43. The summed E-state index contributed by atoms with van der Waals surface area (Å²) in [6.07, 6.45) is 5.26. The van der Waals surface area contributed by atoms with Gasteiger partial charge < -0.3 is 14.7 Å². The van der Waals surface area contributed by atoms with Crippen molar-refractivity contribution in [3.63, 3.8) is 0 Å². The summed E-state index contributed by atoms with van der Waals surface area (Å²) in [4.78, 5) is 32.0. The minimum atomic E-state index is -0.717. The van der Waals surface area contributed by atoms with E-state index in [0.29, 0.717) is 17.9 Å². The van der Waals surface area contributed by atoms with Crippen molar-refractivity contribution < 1.29 is 19.4 Å². The molecule has 1 aliphatic rings. The van der Waals surface area contributed by atoms with Crippen molar-refractivity contribution in [1.29, 1.82) is 0 Å². The van der Waals surface area contributed by atoms with Crippen LogP contribution in [0.2, 0.25) is 0 Å². The highest BCUT2D eigenvalue weighted by Gasteiger charge is 2.46.